The number of nitrogens with zero attached hydrogens (tertiary/aromatic N) is 1. The standard InChI is InChI=1S/C11H22N2O2.C5H11N/c1-11(2,3)15-10(14)12-9-5-7-13(4)8-6-9;1-2-4-6-5-3-1/h9H,5-8H2,1-4H3,(H,12,14);6H,1-5H2. The molecule has 2 heterocycles. The van der Waals surface area contributed by atoms with Crippen LogP contribution in [0.25, 0.3) is 0 Å². The molecule has 0 unspecified atom stereocenters. The van der Waals surface area contributed by atoms with E-state index in [1.807, 2.05) is 20.8 Å². The second-order valence-corrected chi connectivity index (χ2v) is 7.03. The molecule has 124 valence electrons. The van der Waals surface area contributed by atoms with E-state index in [4.69, 9.17) is 4.74 Å². The Hall–Kier alpha value is -0.810. The molecule has 0 radical (unpaired) electrons. The number of hydrogen-bond donors (Lipinski definition) is 2. The quantitative estimate of drug-likeness (QED) is 0.780. The van der Waals surface area contributed by atoms with Gasteiger partial charge >= 0.3 is 6.09 Å². The van der Waals surface area contributed by atoms with Gasteiger partial charge in [-0.3, -0.25) is 0 Å². The van der Waals surface area contributed by atoms with E-state index in [-0.39, 0.29) is 12.1 Å². The smallest absolute Gasteiger partial charge is 0.407 e. The summed E-state index contributed by atoms with van der Waals surface area (Å²) in [5, 5.41) is 6.19. The largest absolute Gasteiger partial charge is 0.444 e. The second-order valence-electron chi connectivity index (χ2n) is 7.03. The molecular formula is C16H33N3O2. The van der Waals surface area contributed by atoms with Crippen LogP contribution in [0.1, 0.15) is 52.9 Å². The maximum absolute atomic E-state index is 11.5. The number of carbonyl (C=O) groups excluding carboxylic acids is 1. The third-order valence-corrected chi connectivity index (χ3v) is 3.65. The highest BCUT2D eigenvalue weighted by molar-refractivity contribution is 5.68. The molecule has 0 atom stereocenters. The van der Waals surface area contributed by atoms with Crippen molar-refractivity contribution in [3.8, 4) is 0 Å². The van der Waals surface area contributed by atoms with Gasteiger partial charge in [0.2, 0.25) is 0 Å². The summed E-state index contributed by atoms with van der Waals surface area (Å²) >= 11 is 0. The van der Waals surface area contributed by atoms with Crippen molar-refractivity contribution in [2.45, 2.75) is 64.5 Å². The molecule has 0 aromatic heterocycles. The van der Waals surface area contributed by atoms with Crippen molar-refractivity contribution in [2.75, 3.05) is 33.2 Å². The zero-order chi connectivity index (χ0) is 15.7. The van der Waals surface area contributed by atoms with Gasteiger partial charge in [0.05, 0.1) is 0 Å². The molecule has 0 aliphatic carbocycles. The molecule has 5 nitrogen and oxygen atoms in total. The summed E-state index contributed by atoms with van der Waals surface area (Å²) in [6.07, 6.45) is 5.94. The molecule has 0 aromatic carbocycles. The summed E-state index contributed by atoms with van der Waals surface area (Å²) in [6.45, 7) is 10.2. The molecule has 2 rings (SSSR count). The molecule has 2 saturated heterocycles. The summed E-state index contributed by atoms with van der Waals surface area (Å²) in [6, 6.07) is 0.274. The van der Waals surface area contributed by atoms with Gasteiger partial charge in [0.1, 0.15) is 5.60 Å². The fourth-order valence-electron chi connectivity index (χ4n) is 2.43. The highest BCUT2D eigenvalue weighted by Crippen LogP contribution is 2.11. The Balaban J connectivity index is 0.000000304. The van der Waals surface area contributed by atoms with Crippen molar-refractivity contribution >= 4 is 6.09 Å². The number of hydrogen-bond acceptors (Lipinski definition) is 4. The van der Waals surface area contributed by atoms with Crippen LogP contribution < -0.4 is 10.6 Å². The van der Waals surface area contributed by atoms with Gasteiger partial charge in [-0.05, 0) is 79.7 Å². The molecule has 1 amide bonds. The topological polar surface area (TPSA) is 53.6 Å². The first-order chi connectivity index (χ1) is 9.87. The van der Waals surface area contributed by atoms with Gasteiger partial charge in [0, 0.05) is 6.04 Å². The van der Waals surface area contributed by atoms with Gasteiger partial charge in [-0.25, -0.2) is 4.79 Å². The Morgan fingerprint density at radius 1 is 1.14 bits per heavy atom. The first kappa shape index (κ1) is 18.2. The SMILES string of the molecule is C1CCNCC1.CN1CCC(NC(=O)OC(C)(C)C)CC1. The summed E-state index contributed by atoms with van der Waals surface area (Å²) in [7, 11) is 2.10. The van der Waals surface area contributed by atoms with Crippen LogP contribution in [0, 0.1) is 0 Å². The van der Waals surface area contributed by atoms with E-state index in [1.165, 1.54) is 32.4 Å². The molecule has 2 fully saturated rings. The number of ether oxygens (including phenoxy) is 1. The molecule has 0 saturated carbocycles. The van der Waals surface area contributed by atoms with E-state index >= 15 is 0 Å². The molecule has 21 heavy (non-hydrogen) atoms. The highest BCUT2D eigenvalue weighted by Gasteiger charge is 2.21. The predicted molar refractivity (Wildman–Crippen MR) is 86.6 cm³/mol. The molecule has 2 aliphatic heterocycles. The van der Waals surface area contributed by atoms with Gasteiger partial charge < -0.3 is 20.3 Å². The van der Waals surface area contributed by atoms with Crippen LogP contribution in [0.5, 0.6) is 0 Å². The number of alkyl carbamates (subject to hydrolysis) is 1. The number of carbonyl (C=O) groups is 1. The van der Waals surface area contributed by atoms with E-state index in [2.05, 4.69) is 22.6 Å². The van der Waals surface area contributed by atoms with Crippen LogP contribution in [-0.2, 0) is 4.74 Å². The van der Waals surface area contributed by atoms with Crippen LogP contribution in [0.3, 0.4) is 0 Å². The Kier molecular flexibility index (Phi) is 8.04. The Labute approximate surface area is 129 Å². The average Bonchev–Trinajstić information content (AvgIpc) is 2.42. The second kappa shape index (κ2) is 9.26. The van der Waals surface area contributed by atoms with Crippen LogP contribution >= 0.6 is 0 Å². The number of likely N-dealkylation sites (tertiary alicyclic amines) is 1. The fourth-order valence-corrected chi connectivity index (χ4v) is 2.43. The van der Waals surface area contributed by atoms with E-state index < -0.39 is 5.60 Å². The lowest BCUT2D eigenvalue weighted by Crippen LogP contribution is -2.45. The van der Waals surface area contributed by atoms with Crippen LogP contribution in [0.4, 0.5) is 4.79 Å². The minimum Gasteiger partial charge on any atom is -0.444 e. The summed E-state index contributed by atoms with van der Waals surface area (Å²) in [5.74, 6) is 0. The van der Waals surface area contributed by atoms with Crippen molar-refractivity contribution in [3.05, 3.63) is 0 Å². The Morgan fingerprint density at radius 2 is 1.71 bits per heavy atom. The van der Waals surface area contributed by atoms with Crippen molar-refractivity contribution in [1.29, 1.82) is 0 Å². The number of piperidine rings is 2. The van der Waals surface area contributed by atoms with Gasteiger partial charge in [0.15, 0.2) is 0 Å². The van der Waals surface area contributed by atoms with Gasteiger partial charge in [-0.15, -0.1) is 0 Å². The Bertz CT molecular complexity index is 279. The lowest BCUT2D eigenvalue weighted by molar-refractivity contribution is 0.0483. The molecule has 2 N–H and O–H groups in total. The fraction of sp³-hybridized carbons (Fsp3) is 0.938. The third kappa shape index (κ3) is 9.69. The summed E-state index contributed by atoms with van der Waals surface area (Å²) < 4.78 is 5.20. The van der Waals surface area contributed by atoms with Gasteiger partial charge in [0.25, 0.3) is 0 Å². The molecule has 2 aliphatic rings. The van der Waals surface area contributed by atoms with Crippen LogP contribution in [0.2, 0.25) is 0 Å². The highest BCUT2D eigenvalue weighted by atomic mass is 16.6. The number of nitrogens with one attached hydrogen (secondary N) is 2. The maximum atomic E-state index is 11.5. The first-order valence-electron chi connectivity index (χ1n) is 8.25. The monoisotopic (exact) mass is 299 g/mol. The summed E-state index contributed by atoms with van der Waals surface area (Å²) in [5.41, 5.74) is -0.407. The Morgan fingerprint density at radius 3 is 2.10 bits per heavy atom. The van der Waals surface area contributed by atoms with E-state index in [0.29, 0.717) is 0 Å². The predicted octanol–water partition coefficient (Wildman–Crippen LogP) is 2.37. The minimum absolute atomic E-state index is 0.274. The maximum Gasteiger partial charge on any atom is 0.407 e. The lowest BCUT2D eigenvalue weighted by Gasteiger charge is -2.30. The van der Waals surface area contributed by atoms with Crippen molar-refractivity contribution in [3.63, 3.8) is 0 Å². The van der Waals surface area contributed by atoms with E-state index in [0.717, 1.165) is 25.9 Å². The zero-order valence-corrected chi connectivity index (χ0v) is 14.2. The summed E-state index contributed by atoms with van der Waals surface area (Å²) in [4.78, 5) is 13.7. The zero-order valence-electron chi connectivity index (χ0n) is 14.2. The van der Waals surface area contributed by atoms with Crippen molar-refractivity contribution in [2.24, 2.45) is 0 Å². The van der Waals surface area contributed by atoms with Crippen molar-refractivity contribution in [1.82, 2.24) is 15.5 Å². The molecule has 0 bridgehead atoms. The number of amides is 1. The molecular weight excluding hydrogens is 266 g/mol. The van der Waals surface area contributed by atoms with Crippen LogP contribution in [0.15, 0.2) is 0 Å². The minimum atomic E-state index is -0.407. The van der Waals surface area contributed by atoms with Gasteiger partial charge in [-0.2, -0.15) is 0 Å². The molecule has 5 heteroatoms. The normalized spacial score (nSPS) is 21.1. The van der Waals surface area contributed by atoms with E-state index in [1.54, 1.807) is 0 Å². The third-order valence-electron chi connectivity index (χ3n) is 3.65. The lowest BCUT2D eigenvalue weighted by atomic mass is 10.1. The molecule has 0 aromatic rings. The number of rotatable bonds is 1. The average molecular weight is 299 g/mol. The van der Waals surface area contributed by atoms with Crippen LogP contribution in [-0.4, -0.2) is 55.9 Å². The molecule has 0 spiro atoms. The first-order valence-corrected chi connectivity index (χ1v) is 8.25. The van der Waals surface area contributed by atoms with Gasteiger partial charge in [-0.1, -0.05) is 6.42 Å². The van der Waals surface area contributed by atoms with Crippen molar-refractivity contribution < 1.29 is 9.53 Å². The van der Waals surface area contributed by atoms with E-state index in [9.17, 15) is 4.79 Å².